The average molecular weight is 424 g/mol. The summed E-state index contributed by atoms with van der Waals surface area (Å²) >= 11 is 9.60. The van der Waals surface area contributed by atoms with Crippen LogP contribution in [0.3, 0.4) is 0 Å². The Morgan fingerprint density at radius 3 is 2.50 bits per heavy atom. The van der Waals surface area contributed by atoms with Gasteiger partial charge >= 0.3 is 12.8 Å². The average Bonchev–Trinajstić information content (AvgIpc) is 2.84. The Labute approximate surface area is 150 Å². The van der Waals surface area contributed by atoms with E-state index in [2.05, 4.69) is 25.8 Å². The summed E-state index contributed by atoms with van der Waals surface area (Å²) in [6.45, 7) is 1.54. The Morgan fingerprint density at radius 1 is 1.38 bits per heavy atom. The van der Waals surface area contributed by atoms with Crippen molar-refractivity contribution in [3.05, 3.63) is 33.4 Å². The van der Waals surface area contributed by atoms with Crippen LogP contribution in [0.15, 0.2) is 22.7 Å². The Hall–Kier alpha value is -1.76. The van der Waals surface area contributed by atoms with E-state index in [1.165, 1.54) is 6.07 Å². The molecule has 5 nitrogen and oxygen atoms in total. The van der Waals surface area contributed by atoms with Crippen LogP contribution in [0, 0.1) is 0 Å². The standard InChI is InChI=1S/C14H14BrClF2N2O.CO2/c1-3-10-12(16)13(20(4-2)19-10)9-6-5-8(15)7-11(9)21-14(17)18;2-1-3/h5-7,14H,3-4H2,1-2H3;. The summed E-state index contributed by atoms with van der Waals surface area (Å²) in [6, 6.07) is 4.94. The summed E-state index contributed by atoms with van der Waals surface area (Å²) in [4.78, 5) is 16.2. The third-order valence-electron chi connectivity index (χ3n) is 3.01. The molecule has 0 aliphatic rings. The molecule has 0 spiro atoms. The summed E-state index contributed by atoms with van der Waals surface area (Å²) in [6.07, 6.45) is 0.917. The highest BCUT2D eigenvalue weighted by Gasteiger charge is 2.21. The van der Waals surface area contributed by atoms with Crippen LogP contribution in [-0.2, 0) is 22.6 Å². The number of halogens is 4. The van der Waals surface area contributed by atoms with Crippen molar-refractivity contribution >= 4 is 33.7 Å². The lowest BCUT2D eigenvalue weighted by molar-refractivity contribution is -0.191. The molecule has 0 aliphatic heterocycles. The lowest BCUT2D eigenvalue weighted by Crippen LogP contribution is -2.05. The van der Waals surface area contributed by atoms with Crippen LogP contribution >= 0.6 is 27.5 Å². The number of hydrogen-bond acceptors (Lipinski definition) is 4. The molecule has 0 fully saturated rings. The predicted molar refractivity (Wildman–Crippen MR) is 87.1 cm³/mol. The predicted octanol–water partition coefficient (Wildman–Crippen LogP) is 4.57. The normalized spacial score (nSPS) is 10.1. The number of nitrogens with zero attached hydrogens (tertiary/aromatic N) is 2. The Bertz CT molecular complexity index is 732. The van der Waals surface area contributed by atoms with Crippen LogP contribution in [0.25, 0.3) is 11.3 Å². The summed E-state index contributed by atoms with van der Waals surface area (Å²) in [5.74, 6) is 0.0681. The molecule has 2 aromatic rings. The molecule has 9 heteroatoms. The second-order valence-electron chi connectivity index (χ2n) is 4.38. The van der Waals surface area contributed by atoms with Crippen molar-refractivity contribution in [1.29, 1.82) is 0 Å². The zero-order chi connectivity index (χ0) is 18.3. The van der Waals surface area contributed by atoms with Gasteiger partial charge in [-0.1, -0.05) is 34.5 Å². The molecule has 0 aliphatic carbocycles. The number of aromatic nitrogens is 2. The van der Waals surface area contributed by atoms with E-state index in [0.29, 0.717) is 33.7 Å². The number of benzene rings is 1. The van der Waals surface area contributed by atoms with Gasteiger partial charge in [-0.05, 0) is 31.5 Å². The highest BCUT2D eigenvalue weighted by molar-refractivity contribution is 9.10. The molecule has 0 N–H and O–H groups in total. The first-order valence-electron chi connectivity index (χ1n) is 6.88. The molecule has 2 rings (SSSR count). The molecular weight excluding hydrogens is 410 g/mol. The van der Waals surface area contributed by atoms with Crippen molar-refractivity contribution < 1.29 is 23.1 Å². The third kappa shape index (κ3) is 4.87. The minimum Gasteiger partial charge on any atom is -0.434 e. The van der Waals surface area contributed by atoms with Crippen molar-refractivity contribution in [3.8, 4) is 17.0 Å². The molecule has 1 aromatic heterocycles. The highest BCUT2D eigenvalue weighted by Crippen LogP contribution is 2.39. The molecular formula is C15H14BrClF2N2O3. The van der Waals surface area contributed by atoms with Gasteiger partial charge in [0.05, 0.1) is 16.4 Å². The number of rotatable bonds is 5. The molecule has 0 unspecified atom stereocenters. The van der Waals surface area contributed by atoms with Gasteiger partial charge in [0.25, 0.3) is 0 Å². The Morgan fingerprint density at radius 2 is 2.00 bits per heavy atom. The maximum Gasteiger partial charge on any atom is 0.387 e. The lowest BCUT2D eigenvalue weighted by Gasteiger charge is -2.12. The number of aryl methyl sites for hydroxylation is 2. The fraction of sp³-hybridized carbons (Fsp3) is 0.333. The minimum atomic E-state index is -2.90. The van der Waals surface area contributed by atoms with Gasteiger partial charge in [0.2, 0.25) is 0 Å². The Kier molecular flexibility index (Phi) is 8.04. The van der Waals surface area contributed by atoms with Gasteiger partial charge in [-0.2, -0.15) is 23.5 Å². The van der Waals surface area contributed by atoms with Crippen LogP contribution < -0.4 is 4.74 Å². The van der Waals surface area contributed by atoms with E-state index in [1.54, 1.807) is 16.8 Å². The molecule has 0 atom stereocenters. The second kappa shape index (κ2) is 9.52. The number of alkyl halides is 2. The van der Waals surface area contributed by atoms with E-state index < -0.39 is 6.61 Å². The summed E-state index contributed by atoms with van der Waals surface area (Å²) < 4.78 is 32.2. The largest absolute Gasteiger partial charge is 0.434 e. The maximum atomic E-state index is 12.6. The van der Waals surface area contributed by atoms with Crippen molar-refractivity contribution in [2.45, 2.75) is 33.4 Å². The SMILES string of the molecule is CCc1nn(CC)c(-c2ccc(Br)cc2OC(F)F)c1Cl.O=C=O. The van der Waals surface area contributed by atoms with Crippen LogP contribution in [0.1, 0.15) is 19.5 Å². The van der Waals surface area contributed by atoms with Gasteiger partial charge < -0.3 is 4.74 Å². The van der Waals surface area contributed by atoms with Crippen LogP contribution in [-0.4, -0.2) is 22.5 Å². The lowest BCUT2D eigenvalue weighted by atomic mass is 10.1. The maximum absolute atomic E-state index is 12.6. The van der Waals surface area contributed by atoms with E-state index in [-0.39, 0.29) is 11.9 Å². The van der Waals surface area contributed by atoms with Crippen LogP contribution in [0.2, 0.25) is 5.02 Å². The van der Waals surface area contributed by atoms with E-state index in [1.807, 2.05) is 13.8 Å². The second-order valence-corrected chi connectivity index (χ2v) is 5.67. The molecule has 0 saturated heterocycles. The monoisotopic (exact) mass is 422 g/mol. The van der Waals surface area contributed by atoms with E-state index in [4.69, 9.17) is 21.2 Å². The number of carbonyl (C=O) groups excluding carboxylic acids is 2. The van der Waals surface area contributed by atoms with Crippen LogP contribution in [0.5, 0.6) is 5.75 Å². The minimum absolute atomic E-state index is 0.0681. The highest BCUT2D eigenvalue weighted by atomic mass is 79.9. The third-order valence-corrected chi connectivity index (χ3v) is 3.90. The molecule has 0 bridgehead atoms. The summed E-state index contributed by atoms with van der Waals surface area (Å²) in [7, 11) is 0. The number of hydrogen-bond donors (Lipinski definition) is 0. The first-order valence-corrected chi connectivity index (χ1v) is 8.05. The van der Waals surface area contributed by atoms with E-state index in [0.717, 1.165) is 5.69 Å². The first kappa shape index (κ1) is 20.3. The quantitative estimate of drug-likeness (QED) is 0.707. The molecule has 0 amide bonds. The smallest absolute Gasteiger partial charge is 0.387 e. The topological polar surface area (TPSA) is 61.2 Å². The molecule has 0 saturated carbocycles. The van der Waals surface area contributed by atoms with Crippen molar-refractivity contribution in [1.82, 2.24) is 9.78 Å². The molecule has 0 radical (unpaired) electrons. The molecule has 24 heavy (non-hydrogen) atoms. The van der Waals surface area contributed by atoms with Crippen LogP contribution in [0.4, 0.5) is 8.78 Å². The van der Waals surface area contributed by atoms with Crippen molar-refractivity contribution in [2.75, 3.05) is 0 Å². The van der Waals surface area contributed by atoms with E-state index in [9.17, 15) is 8.78 Å². The summed E-state index contributed by atoms with van der Waals surface area (Å²) in [5, 5.41) is 4.87. The van der Waals surface area contributed by atoms with Crippen molar-refractivity contribution in [3.63, 3.8) is 0 Å². The van der Waals surface area contributed by atoms with Gasteiger partial charge in [-0.3, -0.25) is 4.68 Å². The molecule has 130 valence electrons. The van der Waals surface area contributed by atoms with Gasteiger partial charge in [0, 0.05) is 16.6 Å². The van der Waals surface area contributed by atoms with Gasteiger partial charge in [0.15, 0.2) is 0 Å². The first-order chi connectivity index (χ1) is 11.4. The molecule has 1 aromatic carbocycles. The molecule has 1 heterocycles. The van der Waals surface area contributed by atoms with Gasteiger partial charge in [0.1, 0.15) is 5.75 Å². The zero-order valence-electron chi connectivity index (χ0n) is 12.9. The zero-order valence-corrected chi connectivity index (χ0v) is 15.2. The van der Waals surface area contributed by atoms with Gasteiger partial charge in [-0.15, -0.1) is 0 Å². The number of ether oxygens (including phenoxy) is 1. The van der Waals surface area contributed by atoms with E-state index >= 15 is 0 Å². The Balaban J connectivity index is 0.000000891. The summed E-state index contributed by atoms with van der Waals surface area (Å²) in [5.41, 5.74) is 1.83. The fourth-order valence-electron chi connectivity index (χ4n) is 2.09. The van der Waals surface area contributed by atoms with Gasteiger partial charge in [-0.25, -0.2) is 0 Å². The fourth-order valence-corrected chi connectivity index (χ4v) is 2.80. The van der Waals surface area contributed by atoms with Crippen molar-refractivity contribution in [2.24, 2.45) is 0 Å².